The minimum absolute atomic E-state index is 0.0280. The highest BCUT2D eigenvalue weighted by molar-refractivity contribution is 5.96. The Morgan fingerprint density at radius 1 is 1.40 bits per heavy atom. The van der Waals surface area contributed by atoms with Gasteiger partial charge in [-0.3, -0.25) is 4.79 Å². The number of aryl methyl sites for hydroxylation is 2. The summed E-state index contributed by atoms with van der Waals surface area (Å²) in [5.41, 5.74) is 1.60. The highest BCUT2D eigenvalue weighted by atomic mass is 16.5. The van der Waals surface area contributed by atoms with Gasteiger partial charge in [-0.1, -0.05) is 18.1 Å². The molecular formula is C15H18N2O3. The van der Waals surface area contributed by atoms with E-state index in [0.717, 1.165) is 18.4 Å². The van der Waals surface area contributed by atoms with Crippen LogP contribution in [0, 0.1) is 6.92 Å². The van der Waals surface area contributed by atoms with Crippen molar-refractivity contribution in [2.24, 2.45) is 0 Å². The summed E-state index contributed by atoms with van der Waals surface area (Å²) in [5, 5.41) is 3.85. The number of carbonyl (C=O) groups excluding carboxylic acids is 1. The number of Topliss-reactive ketones (excluding diaryl/α,β-unsaturated/α-hetero) is 1. The van der Waals surface area contributed by atoms with Gasteiger partial charge in [0.2, 0.25) is 11.7 Å². The van der Waals surface area contributed by atoms with Gasteiger partial charge in [0.15, 0.2) is 12.4 Å². The summed E-state index contributed by atoms with van der Waals surface area (Å²) in [5.74, 6) is 1.63. The first kappa shape index (κ1) is 14.2. The van der Waals surface area contributed by atoms with Gasteiger partial charge in [-0.25, -0.2) is 0 Å². The Bertz CT molecular complexity index is 605. The van der Waals surface area contributed by atoms with Crippen molar-refractivity contribution in [3.63, 3.8) is 0 Å². The Balaban J connectivity index is 2.09. The minimum atomic E-state index is -0.0280. The SMILES string of the molecule is CCCc1nc(COc2cc(C)ccc2C(C)=O)no1. The zero-order valence-corrected chi connectivity index (χ0v) is 12.0. The summed E-state index contributed by atoms with van der Waals surface area (Å²) in [6.07, 6.45) is 1.71. The Labute approximate surface area is 118 Å². The smallest absolute Gasteiger partial charge is 0.226 e. The standard InChI is InChI=1S/C15H18N2O3/c1-4-5-15-16-14(17-20-15)9-19-13-8-10(2)6-7-12(13)11(3)18/h6-8H,4-5,9H2,1-3H3. The van der Waals surface area contributed by atoms with Crippen LogP contribution in [-0.4, -0.2) is 15.9 Å². The Morgan fingerprint density at radius 3 is 2.90 bits per heavy atom. The molecule has 106 valence electrons. The largest absolute Gasteiger partial charge is 0.485 e. The second-order valence-corrected chi connectivity index (χ2v) is 4.70. The Morgan fingerprint density at radius 2 is 2.20 bits per heavy atom. The van der Waals surface area contributed by atoms with Crippen LogP contribution < -0.4 is 4.74 Å². The molecule has 1 heterocycles. The second kappa shape index (κ2) is 6.32. The van der Waals surface area contributed by atoms with Gasteiger partial charge >= 0.3 is 0 Å². The van der Waals surface area contributed by atoms with E-state index in [4.69, 9.17) is 9.26 Å². The fourth-order valence-electron chi connectivity index (χ4n) is 1.85. The first-order valence-corrected chi connectivity index (χ1v) is 6.66. The molecule has 0 saturated heterocycles. The number of hydrogen-bond donors (Lipinski definition) is 0. The van der Waals surface area contributed by atoms with Crippen LogP contribution in [0.4, 0.5) is 0 Å². The maximum atomic E-state index is 11.5. The molecule has 0 N–H and O–H groups in total. The zero-order chi connectivity index (χ0) is 14.5. The van der Waals surface area contributed by atoms with Crippen molar-refractivity contribution in [1.82, 2.24) is 10.1 Å². The molecule has 0 amide bonds. The topological polar surface area (TPSA) is 65.2 Å². The number of benzene rings is 1. The van der Waals surface area contributed by atoms with Gasteiger partial charge in [-0.2, -0.15) is 4.98 Å². The van der Waals surface area contributed by atoms with Gasteiger partial charge in [-0.15, -0.1) is 0 Å². The van der Waals surface area contributed by atoms with Crippen molar-refractivity contribution in [1.29, 1.82) is 0 Å². The third-order valence-corrected chi connectivity index (χ3v) is 2.85. The molecule has 1 aromatic carbocycles. The lowest BCUT2D eigenvalue weighted by atomic mass is 10.1. The van der Waals surface area contributed by atoms with E-state index in [0.29, 0.717) is 23.0 Å². The van der Waals surface area contributed by atoms with Crippen molar-refractivity contribution in [3.05, 3.63) is 41.0 Å². The van der Waals surface area contributed by atoms with E-state index in [9.17, 15) is 4.79 Å². The molecule has 5 heteroatoms. The molecule has 0 radical (unpaired) electrons. The highest BCUT2D eigenvalue weighted by Gasteiger charge is 2.11. The lowest BCUT2D eigenvalue weighted by Gasteiger charge is -2.08. The molecule has 0 fully saturated rings. The number of ketones is 1. The quantitative estimate of drug-likeness (QED) is 0.757. The van der Waals surface area contributed by atoms with E-state index >= 15 is 0 Å². The average molecular weight is 274 g/mol. The molecule has 0 aliphatic rings. The van der Waals surface area contributed by atoms with E-state index < -0.39 is 0 Å². The van der Waals surface area contributed by atoms with E-state index in [1.807, 2.05) is 26.0 Å². The van der Waals surface area contributed by atoms with E-state index in [-0.39, 0.29) is 12.4 Å². The molecule has 0 aliphatic carbocycles. The molecular weight excluding hydrogens is 256 g/mol. The maximum Gasteiger partial charge on any atom is 0.226 e. The molecule has 0 aliphatic heterocycles. The first-order chi connectivity index (χ1) is 9.60. The first-order valence-electron chi connectivity index (χ1n) is 6.66. The van der Waals surface area contributed by atoms with Crippen LogP contribution in [0.5, 0.6) is 5.75 Å². The van der Waals surface area contributed by atoms with Crippen LogP contribution in [0.15, 0.2) is 22.7 Å². The molecule has 5 nitrogen and oxygen atoms in total. The summed E-state index contributed by atoms with van der Waals surface area (Å²) in [4.78, 5) is 15.8. The van der Waals surface area contributed by atoms with Crippen molar-refractivity contribution >= 4 is 5.78 Å². The molecule has 0 atom stereocenters. The Hall–Kier alpha value is -2.17. The summed E-state index contributed by atoms with van der Waals surface area (Å²) in [6, 6.07) is 5.49. The number of aromatic nitrogens is 2. The van der Waals surface area contributed by atoms with Gasteiger partial charge in [0.05, 0.1) is 5.56 Å². The van der Waals surface area contributed by atoms with Crippen LogP contribution in [0.3, 0.4) is 0 Å². The summed E-state index contributed by atoms with van der Waals surface area (Å²) >= 11 is 0. The van der Waals surface area contributed by atoms with Gasteiger partial charge in [0.25, 0.3) is 0 Å². The highest BCUT2D eigenvalue weighted by Crippen LogP contribution is 2.21. The van der Waals surface area contributed by atoms with Crippen LogP contribution in [0.25, 0.3) is 0 Å². The van der Waals surface area contributed by atoms with Crippen molar-refractivity contribution in [3.8, 4) is 5.75 Å². The van der Waals surface area contributed by atoms with Crippen LogP contribution >= 0.6 is 0 Å². The van der Waals surface area contributed by atoms with E-state index in [1.54, 1.807) is 6.07 Å². The van der Waals surface area contributed by atoms with Crippen molar-refractivity contribution in [2.75, 3.05) is 0 Å². The number of carbonyl (C=O) groups is 1. The van der Waals surface area contributed by atoms with Crippen LogP contribution in [0.1, 0.15) is 47.9 Å². The summed E-state index contributed by atoms with van der Waals surface area (Å²) < 4.78 is 10.7. The lowest BCUT2D eigenvalue weighted by Crippen LogP contribution is -2.03. The molecule has 20 heavy (non-hydrogen) atoms. The molecule has 0 saturated carbocycles. The maximum absolute atomic E-state index is 11.5. The van der Waals surface area contributed by atoms with Gasteiger partial charge in [0, 0.05) is 6.42 Å². The predicted octanol–water partition coefficient (Wildman–Crippen LogP) is 3.11. The molecule has 2 rings (SSSR count). The summed E-state index contributed by atoms with van der Waals surface area (Å²) in [6.45, 7) is 5.71. The number of nitrogens with zero attached hydrogens (tertiary/aromatic N) is 2. The normalized spacial score (nSPS) is 10.6. The minimum Gasteiger partial charge on any atom is -0.485 e. The third-order valence-electron chi connectivity index (χ3n) is 2.85. The van der Waals surface area contributed by atoms with Gasteiger partial charge < -0.3 is 9.26 Å². The number of rotatable bonds is 6. The van der Waals surface area contributed by atoms with Crippen molar-refractivity contribution in [2.45, 2.75) is 40.2 Å². The number of ether oxygens (including phenoxy) is 1. The zero-order valence-electron chi connectivity index (χ0n) is 12.0. The van der Waals surface area contributed by atoms with Crippen LogP contribution in [0.2, 0.25) is 0 Å². The molecule has 0 unspecified atom stereocenters. The fraction of sp³-hybridized carbons (Fsp3) is 0.400. The fourth-order valence-corrected chi connectivity index (χ4v) is 1.85. The average Bonchev–Trinajstić information content (AvgIpc) is 2.84. The molecule has 2 aromatic rings. The molecule has 1 aromatic heterocycles. The monoisotopic (exact) mass is 274 g/mol. The summed E-state index contributed by atoms with van der Waals surface area (Å²) in [7, 11) is 0. The van der Waals surface area contributed by atoms with Crippen molar-refractivity contribution < 1.29 is 14.1 Å². The second-order valence-electron chi connectivity index (χ2n) is 4.70. The molecule has 0 bridgehead atoms. The number of hydrogen-bond acceptors (Lipinski definition) is 5. The van der Waals surface area contributed by atoms with E-state index in [2.05, 4.69) is 10.1 Å². The third kappa shape index (κ3) is 3.44. The Kier molecular flexibility index (Phi) is 4.50. The van der Waals surface area contributed by atoms with Crippen LogP contribution in [-0.2, 0) is 13.0 Å². The van der Waals surface area contributed by atoms with Gasteiger partial charge in [-0.05, 0) is 38.0 Å². The molecule has 0 spiro atoms. The predicted molar refractivity (Wildman–Crippen MR) is 73.8 cm³/mol. The van der Waals surface area contributed by atoms with E-state index in [1.165, 1.54) is 6.92 Å². The lowest BCUT2D eigenvalue weighted by molar-refractivity contribution is 0.101. The van der Waals surface area contributed by atoms with Gasteiger partial charge in [0.1, 0.15) is 5.75 Å².